The molecule has 3 rings (SSSR count). The lowest BCUT2D eigenvalue weighted by atomic mass is 9.60. The van der Waals surface area contributed by atoms with Crippen LogP contribution in [0.2, 0.25) is 0 Å². The van der Waals surface area contributed by atoms with E-state index in [2.05, 4.69) is 32.9 Å². The molecule has 21 heavy (non-hydrogen) atoms. The fraction of sp³-hybridized carbons (Fsp3) is 0.684. The Morgan fingerprint density at radius 2 is 1.71 bits per heavy atom. The third-order valence-electron chi connectivity index (χ3n) is 5.43. The smallest absolute Gasteiger partial charge is 0.183 e. The molecule has 0 aromatic heterocycles. The highest BCUT2D eigenvalue weighted by molar-refractivity contribution is 5.16. The first-order chi connectivity index (χ1) is 10.1. The molecule has 0 N–H and O–H groups in total. The summed E-state index contributed by atoms with van der Waals surface area (Å²) in [6.45, 7) is 8.78. The van der Waals surface area contributed by atoms with Gasteiger partial charge in [0.15, 0.2) is 6.29 Å². The molecule has 0 amide bonds. The molecule has 1 unspecified atom stereocenters. The first-order valence-electron chi connectivity index (χ1n) is 8.39. The summed E-state index contributed by atoms with van der Waals surface area (Å²) in [5, 5.41) is 0. The summed E-state index contributed by atoms with van der Waals surface area (Å²) in [6, 6.07) is 10.3. The zero-order chi connectivity index (χ0) is 14.9. The highest BCUT2D eigenvalue weighted by atomic mass is 16.7. The van der Waals surface area contributed by atoms with Crippen LogP contribution in [0.1, 0.15) is 51.9 Å². The Morgan fingerprint density at radius 1 is 1.05 bits per heavy atom. The van der Waals surface area contributed by atoms with E-state index in [0.29, 0.717) is 5.92 Å². The Kier molecular flexibility index (Phi) is 4.37. The number of hydrogen-bond acceptors (Lipinski definition) is 2. The van der Waals surface area contributed by atoms with Gasteiger partial charge in [-0.1, -0.05) is 57.5 Å². The average molecular weight is 288 g/mol. The molecule has 2 aliphatic rings. The van der Waals surface area contributed by atoms with Crippen molar-refractivity contribution in [3.63, 3.8) is 0 Å². The van der Waals surface area contributed by atoms with Crippen molar-refractivity contribution in [2.24, 2.45) is 23.2 Å². The number of rotatable bonds is 2. The molecule has 2 fully saturated rings. The fourth-order valence-electron chi connectivity index (χ4n) is 4.47. The second-order valence-electron chi connectivity index (χ2n) is 7.46. The molecule has 2 atom stereocenters. The van der Waals surface area contributed by atoms with Gasteiger partial charge < -0.3 is 9.47 Å². The minimum absolute atomic E-state index is 0.179. The van der Waals surface area contributed by atoms with Crippen LogP contribution in [0.4, 0.5) is 0 Å². The molecular formula is C19H28O2. The molecule has 0 radical (unpaired) electrons. The van der Waals surface area contributed by atoms with Gasteiger partial charge in [-0.2, -0.15) is 0 Å². The normalized spacial score (nSPS) is 37.0. The van der Waals surface area contributed by atoms with Crippen LogP contribution < -0.4 is 0 Å². The zero-order valence-electron chi connectivity index (χ0n) is 13.5. The molecular weight excluding hydrogens is 260 g/mol. The highest BCUT2D eigenvalue weighted by Gasteiger charge is 2.47. The third-order valence-corrected chi connectivity index (χ3v) is 5.43. The van der Waals surface area contributed by atoms with Gasteiger partial charge in [-0.05, 0) is 30.6 Å². The van der Waals surface area contributed by atoms with Crippen LogP contribution in [0, 0.1) is 23.2 Å². The second kappa shape index (κ2) is 6.10. The SMILES string of the molecule is CC(C)C1CC[C@@H](C)CC12COC(c1ccccc1)OC2. The second-order valence-corrected chi connectivity index (χ2v) is 7.46. The van der Waals surface area contributed by atoms with Crippen molar-refractivity contribution in [3.8, 4) is 0 Å². The van der Waals surface area contributed by atoms with Gasteiger partial charge in [0.25, 0.3) is 0 Å². The topological polar surface area (TPSA) is 18.5 Å². The molecule has 1 saturated carbocycles. The maximum Gasteiger partial charge on any atom is 0.183 e. The monoisotopic (exact) mass is 288 g/mol. The van der Waals surface area contributed by atoms with Gasteiger partial charge in [0.1, 0.15) is 0 Å². The molecule has 1 aromatic rings. The lowest BCUT2D eigenvalue weighted by Crippen LogP contribution is -2.49. The van der Waals surface area contributed by atoms with E-state index in [1.54, 1.807) is 0 Å². The van der Waals surface area contributed by atoms with E-state index in [4.69, 9.17) is 9.47 Å². The molecule has 116 valence electrons. The minimum Gasteiger partial charge on any atom is -0.348 e. The van der Waals surface area contributed by atoms with Gasteiger partial charge in [-0.15, -0.1) is 0 Å². The van der Waals surface area contributed by atoms with Crippen molar-refractivity contribution >= 4 is 0 Å². The van der Waals surface area contributed by atoms with Crippen molar-refractivity contribution in [2.75, 3.05) is 13.2 Å². The Bertz CT molecular complexity index is 446. The summed E-state index contributed by atoms with van der Waals surface area (Å²) in [4.78, 5) is 0. The van der Waals surface area contributed by atoms with Crippen molar-refractivity contribution in [3.05, 3.63) is 35.9 Å². The van der Waals surface area contributed by atoms with Crippen LogP contribution in [-0.2, 0) is 9.47 Å². The lowest BCUT2D eigenvalue weighted by molar-refractivity contribution is -0.258. The molecule has 2 heteroatoms. The first kappa shape index (κ1) is 15.1. The van der Waals surface area contributed by atoms with E-state index in [9.17, 15) is 0 Å². The molecule has 1 heterocycles. The van der Waals surface area contributed by atoms with E-state index < -0.39 is 0 Å². The largest absolute Gasteiger partial charge is 0.348 e. The summed E-state index contributed by atoms with van der Waals surface area (Å²) in [6.07, 6.45) is 3.74. The van der Waals surface area contributed by atoms with E-state index in [1.807, 2.05) is 18.2 Å². The average Bonchev–Trinajstić information content (AvgIpc) is 2.48. The Balaban J connectivity index is 1.73. The van der Waals surface area contributed by atoms with Crippen molar-refractivity contribution < 1.29 is 9.47 Å². The van der Waals surface area contributed by atoms with Crippen LogP contribution in [0.15, 0.2) is 30.3 Å². The van der Waals surface area contributed by atoms with Gasteiger partial charge in [-0.3, -0.25) is 0 Å². The highest BCUT2D eigenvalue weighted by Crippen LogP contribution is 2.50. The van der Waals surface area contributed by atoms with Crippen LogP contribution in [0.5, 0.6) is 0 Å². The standard InChI is InChI=1S/C19H28O2/c1-14(2)17-10-9-15(3)11-19(17)12-20-18(21-13-19)16-7-5-4-6-8-16/h4-8,14-15,17-18H,9-13H2,1-3H3/t15-,17?,18?,19?/m1/s1. The predicted octanol–water partition coefficient (Wildman–Crippen LogP) is 4.81. The summed E-state index contributed by atoms with van der Waals surface area (Å²) in [5.41, 5.74) is 1.37. The van der Waals surface area contributed by atoms with Crippen LogP contribution in [0.3, 0.4) is 0 Å². The maximum absolute atomic E-state index is 6.16. The van der Waals surface area contributed by atoms with E-state index in [-0.39, 0.29) is 11.7 Å². The molecule has 2 nitrogen and oxygen atoms in total. The summed E-state index contributed by atoms with van der Waals surface area (Å²) >= 11 is 0. The molecule has 1 saturated heterocycles. The number of hydrogen-bond donors (Lipinski definition) is 0. The number of ether oxygens (including phenoxy) is 2. The zero-order valence-corrected chi connectivity index (χ0v) is 13.5. The van der Waals surface area contributed by atoms with Crippen LogP contribution in [-0.4, -0.2) is 13.2 Å². The van der Waals surface area contributed by atoms with E-state index >= 15 is 0 Å². The lowest BCUT2D eigenvalue weighted by Gasteiger charge is -2.51. The minimum atomic E-state index is -0.179. The quantitative estimate of drug-likeness (QED) is 0.777. The molecule has 0 bridgehead atoms. The third kappa shape index (κ3) is 3.02. The van der Waals surface area contributed by atoms with Crippen molar-refractivity contribution in [2.45, 2.75) is 46.3 Å². The van der Waals surface area contributed by atoms with Gasteiger partial charge in [0.05, 0.1) is 13.2 Å². The number of benzene rings is 1. The summed E-state index contributed by atoms with van der Waals surface area (Å²) < 4.78 is 12.3. The van der Waals surface area contributed by atoms with Gasteiger partial charge in [0.2, 0.25) is 0 Å². The van der Waals surface area contributed by atoms with Crippen LogP contribution in [0.25, 0.3) is 0 Å². The Hall–Kier alpha value is -0.860. The van der Waals surface area contributed by atoms with E-state index in [0.717, 1.165) is 30.6 Å². The first-order valence-corrected chi connectivity index (χ1v) is 8.39. The molecule has 1 aliphatic heterocycles. The Labute approximate surface area is 128 Å². The van der Waals surface area contributed by atoms with E-state index in [1.165, 1.54) is 19.3 Å². The van der Waals surface area contributed by atoms with Gasteiger partial charge in [-0.25, -0.2) is 0 Å². The van der Waals surface area contributed by atoms with Crippen molar-refractivity contribution in [1.82, 2.24) is 0 Å². The molecule has 1 aliphatic carbocycles. The molecule has 1 spiro atoms. The summed E-state index contributed by atoms with van der Waals surface area (Å²) in [7, 11) is 0. The fourth-order valence-corrected chi connectivity index (χ4v) is 4.47. The summed E-state index contributed by atoms with van der Waals surface area (Å²) in [5.74, 6) is 2.23. The van der Waals surface area contributed by atoms with Gasteiger partial charge in [0, 0.05) is 11.0 Å². The van der Waals surface area contributed by atoms with Gasteiger partial charge >= 0.3 is 0 Å². The Morgan fingerprint density at radius 3 is 2.33 bits per heavy atom. The predicted molar refractivity (Wildman–Crippen MR) is 84.9 cm³/mol. The maximum atomic E-state index is 6.16. The van der Waals surface area contributed by atoms with Crippen molar-refractivity contribution in [1.29, 1.82) is 0 Å². The van der Waals surface area contributed by atoms with Crippen LogP contribution >= 0.6 is 0 Å². The molecule has 1 aromatic carbocycles.